The van der Waals surface area contributed by atoms with Crippen LogP contribution >= 0.6 is 23.4 Å². The van der Waals surface area contributed by atoms with E-state index < -0.39 is 5.97 Å². The summed E-state index contributed by atoms with van der Waals surface area (Å²) in [5.41, 5.74) is 2.22. The first-order chi connectivity index (χ1) is 13.9. The number of carbonyl (C=O) groups is 2. The van der Waals surface area contributed by atoms with Gasteiger partial charge in [-0.2, -0.15) is 11.8 Å². The molecule has 2 rings (SSSR count). The van der Waals surface area contributed by atoms with E-state index in [1.54, 1.807) is 42.1 Å². The third-order valence-corrected chi connectivity index (χ3v) is 5.72. The van der Waals surface area contributed by atoms with Crippen molar-refractivity contribution >= 4 is 40.9 Å². The highest BCUT2D eigenvalue weighted by Crippen LogP contribution is 2.37. The van der Waals surface area contributed by atoms with Gasteiger partial charge in [-0.15, -0.1) is 0 Å². The smallest absolute Gasteiger partial charge is 0.307 e. The molecule has 1 amide bonds. The number of hydrogen-bond donors (Lipinski definition) is 2. The lowest BCUT2D eigenvalue weighted by Gasteiger charge is -2.20. The summed E-state index contributed by atoms with van der Waals surface area (Å²) in [6, 6.07) is 10.4. The summed E-state index contributed by atoms with van der Waals surface area (Å²) in [6.45, 7) is 10.1. The molecule has 0 saturated heterocycles. The Kier molecular flexibility index (Phi) is 8.21. The van der Waals surface area contributed by atoms with E-state index in [1.165, 1.54) is 0 Å². The monoisotopic (exact) mass is 449 g/mol. The fourth-order valence-corrected chi connectivity index (χ4v) is 3.45. The molecule has 7 heteroatoms. The number of thioether (sulfide) groups is 1. The Morgan fingerprint density at radius 2 is 1.83 bits per heavy atom. The van der Waals surface area contributed by atoms with E-state index in [0.717, 1.165) is 5.56 Å². The number of halogens is 1. The van der Waals surface area contributed by atoms with Gasteiger partial charge in [-0.25, -0.2) is 0 Å². The molecule has 162 valence electrons. The summed E-state index contributed by atoms with van der Waals surface area (Å²) in [7, 11) is 0. The maximum absolute atomic E-state index is 12.1. The number of anilines is 1. The molecular formula is C23H28ClNO4S. The third kappa shape index (κ3) is 7.58. The van der Waals surface area contributed by atoms with E-state index in [9.17, 15) is 9.59 Å². The summed E-state index contributed by atoms with van der Waals surface area (Å²) in [4.78, 5) is 23.1. The van der Waals surface area contributed by atoms with Gasteiger partial charge in [-0.3, -0.25) is 9.59 Å². The average Bonchev–Trinajstić information content (AvgIpc) is 2.63. The van der Waals surface area contributed by atoms with Gasteiger partial charge in [0, 0.05) is 27.7 Å². The molecule has 0 bridgehead atoms. The first-order valence-electron chi connectivity index (χ1n) is 9.70. The van der Waals surface area contributed by atoms with Crippen molar-refractivity contribution in [3.05, 3.63) is 52.5 Å². The zero-order valence-corrected chi connectivity index (χ0v) is 19.5. The minimum atomic E-state index is -0.921. The van der Waals surface area contributed by atoms with Gasteiger partial charge < -0.3 is 15.2 Å². The van der Waals surface area contributed by atoms with Gasteiger partial charge in [0.25, 0.3) is 0 Å². The molecule has 0 radical (unpaired) electrons. The van der Waals surface area contributed by atoms with Gasteiger partial charge in [0.15, 0.2) is 0 Å². The molecule has 2 aromatic rings. The average molecular weight is 450 g/mol. The van der Waals surface area contributed by atoms with Crippen LogP contribution in [0.25, 0.3) is 0 Å². The molecule has 0 fully saturated rings. The topological polar surface area (TPSA) is 75.6 Å². The lowest BCUT2D eigenvalue weighted by molar-refractivity contribution is -0.136. The maximum Gasteiger partial charge on any atom is 0.307 e. The molecule has 5 nitrogen and oxygen atoms in total. The highest BCUT2D eigenvalue weighted by atomic mass is 35.5. The Balaban J connectivity index is 2.35. The van der Waals surface area contributed by atoms with Crippen molar-refractivity contribution in [2.75, 3.05) is 5.32 Å². The Morgan fingerprint density at radius 1 is 1.13 bits per heavy atom. The van der Waals surface area contributed by atoms with E-state index in [2.05, 4.69) is 26.1 Å². The molecule has 2 aromatic carbocycles. The number of amides is 1. The van der Waals surface area contributed by atoms with Crippen LogP contribution < -0.4 is 10.1 Å². The first kappa shape index (κ1) is 24.1. The molecule has 0 spiro atoms. The molecule has 0 saturated carbocycles. The molecule has 0 aliphatic carbocycles. The van der Waals surface area contributed by atoms with Crippen LogP contribution in [0.4, 0.5) is 5.69 Å². The van der Waals surface area contributed by atoms with Crippen molar-refractivity contribution in [1.29, 1.82) is 0 Å². The van der Waals surface area contributed by atoms with Crippen LogP contribution in [0.2, 0.25) is 5.02 Å². The first-order valence-corrected chi connectivity index (χ1v) is 11.1. The Morgan fingerprint density at radius 3 is 2.43 bits per heavy atom. The van der Waals surface area contributed by atoms with Crippen molar-refractivity contribution < 1.29 is 19.4 Å². The van der Waals surface area contributed by atoms with E-state index >= 15 is 0 Å². The number of carbonyl (C=O) groups excluding carboxylic acids is 1. The number of benzene rings is 2. The summed E-state index contributed by atoms with van der Waals surface area (Å²) in [5, 5.41) is 12.4. The summed E-state index contributed by atoms with van der Waals surface area (Å²) >= 11 is 8.04. The fourth-order valence-electron chi connectivity index (χ4n) is 2.48. The maximum atomic E-state index is 12.1. The second-order valence-corrected chi connectivity index (χ2v) is 10.5. The van der Waals surface area contributed by atoms with Gasteiger partial charge in [0.05, 0.1) is 11.4 Å². The quantitative estimate of drug-likeness (QED) is 0.488. The van der Waals surface area contributed by atoms with E-state index in [4.69, 9.17) is 21.4 Å². The van der Waals surface area contributed by atoms with Gasteiger partial charge in [0.2, 0.25) is 5.91 Å². The highest BCUT2D eigenvalue weighted by Gasteiger charge is 2.16. The normalized spacial score (nSPS) is 11.4. The number of carboxylic acid groups (broad SMARTS) is 1. The molecule has 0 unspecified atom stereocenters. The van der Waals surface area contributed by atoms with Crippen LogP contribution in [0.3, 0.4) is 0 Å². The molecule has 0 aromatic heterocycles. The van der Waals surface area contributed by atoms with Crippen LogP contribution in [0.15, 0.2) is 36.4 Å². The minimum absolute atomic E-state index is 0.0491. The van der Waals surface area contributed by atoms with Crippen molar-refractivity contribution in [2.45, 2.75) is 51.5 Å². The third-order valence-electron chi connectivity index (χ3n) is 4.08. The number of nitrogens with one attached hydrogen (secondary N) is 1. The number of rotatable bonds is 8. The van der Waals surface area contributed by atoms with E-state index in [-0.39, 0.29) is 23.0 Å². The van der Waals surface area contributed by atoms with Crippen molar-refractivity contribution in [1.82, 2.24) is 0 Å². The van der Waals surface area contributed by atoms with E-state index in [1.807, 2.05) is 19.9 Å². The molecule has 0 heterocycles. The SMILES string of the molecule is CC(C)C(=O)Nc1ccc(Oc2cc(CC(=O)O)ccc2Cl)c(CSC(C)(C)C)c1. The van der Waals surface area contributed by atoms with Gasteiger partial charge in [-0.05, 0) is 35.9 Å². The lowest BCUT2D eigenvalue weighted by Crippen LogP contribution is -2.17. The van der Waals surface area contributed by atoms with E-state index in [0.29, 0.717) is 33.5 Å². The van der Waals surface area contributed by atoms with Crippen molar-refractivity contribution in [3.8, 4) is 11.5 Å². The summed E-state index contributed by atoms with van der Waals surface area (Å²) in [6.07, 6.45) is -0.111. The standard InChI is InChI=1S/C23H28ClNO4S/c1-14(2)22(28)25-17-7-9-19(16(12-17)13-30-23(3,4)5)29-20-10-15(11-21(26)27)6-8-18(20)24/h6-10,12,14H,11,13H2,1-5H3,(H,25,28)(H,26,27). The van der Waals surface area contributed by atoms with Crippen LogP contribution in [-0.2, 0) is 21.8 Å². The predicted molar refractivity (Wildman–Crippen MR) is 124 cm³/mol. The second kappa shape index (κ2) is 10.2. The van der Waals surface area contributed by atoms with Crippen molar-refractivity contribution in [2.24, 2.45) is 5.92 Å². The molecule has 0 aliphatic rings. The Hall–Kier alpha value is -2.18. The minimum Gasteiger partial charge on any atom is -0.481 e. The Bertz CT molecular complexity index is 922. The van der Waals surface area contributed by atoms with Gasteiger partial charge >= 0.3 is 5.97 Å². The van der Waals surface area contributed by atoms with Crippen molar-refractivity contribution in [3.63, 3.8) is 0 Å². The molecule has 2 N–H and O–H groups in total. The fraction of sp³-hybridized carbons (Fsp3) is 0.391. The second-order valence-electron chi connectivity index (χ2n) is 8.30. The van der Waals surface area contributed by atoms with Crippen LogP contribution in [0.1, 0.15) is 45.7 Å². The molecular weight excluding hydrogens is 422 g/mol. The largest absolute Gasteiger partial charge is 0.481 e. The van der Waals surface area contributed by atoms with Gasteiger partial charge in [0.1, 0.15) is 11.5 Å². The predicted octanol–water partition coefficient (Wildman–Crippen LogP) is 6.39. The van der Waals surface area contributed by atoms with Crippen LogP contribution in [-0.4, -0.2) is 21.7 Å². The lowest BCUT2D eigenvalue weighted by atomic mass is 10.1. The highest BCUT2D eigenvalue weighted by molar-refractivity contribution is 7.99. The molecule has 30 heavy (non-hydrogen) atoms. The van der Waals surface area contributed by atoms with Gasteiger partial charge in [-0.1, -0.05) is 52.3 Å². The Labute approximate surface area is 187 Å². The summed E-state index contributed by atoms with van der Waals surface area (Å²) in [5.74, 6) is 0.596. The van der Waals surface area contributed by atoms with Crippen LogP contribution in [0.5, 0.6) is 11.5 Å². The number of carboxylic acids is 1. The molecule has 0 atom stereocenters. The summed E-state index contributed by atoms with van der Waals surface area (Å²) < 4.78 is 6.13. The number of aliphatic carboxylic acids is 1. The number of hydrogen-bond acceptors (Lipinski definition) is 4. The zero-order chi connectivity index (χ0) is 22.5. The molecule has 0 aliphatic heterocycles. The zero-order valence-electron chi connectivity index (χ0n) is 17.9. The number of ether oxygens (including phenoxy) is 1. The van der Waals surface area contributed by atoms with Crippen LogP contribution in [0, 0.1) is 5.92 Å².